The van der Waals surface area contributed by atoms with Crippen molar-refractivity contribution in [1.82, 2.24) is 0 Å². The lowest BCUT2D eigenvalue weighted by atomic mass is 9.93. The molecule has 1 heterocycles. The molecule has 0 amide bonds. The van der Waals surface area contributed by atoms with Gasteiger partial charge in [0, 0.05) is 35.1 Å². The Morgan fingerprint density at radius 3 is 1.50 bits per heavy atom. The van der Waals surface area contributed by atoms with Crippen molar-refractivity contribution in [2.24, 2.45) is 0 Å². The number of hydrogen-bond acceptors (Lipinski definition) is 4. The van der Waals surface area contributed by atoms with E-state index in [1.54, 1.807) is 5.56 Å². The third-order valence-corrected chi connectivity index (χ3v) is 11.5. The summed E-state index contributed by atoms with van der Waals surface area (Å²) in [6.45, 7) is 4.58. The van der Waals surface area contributed by atoms with Crippen LogP contribution in [-0.4, -0.2) is 14.1 Å². The van der Waals surface area contributed by atoms with Gasteiger partial charge in [-0.15, -0.1) is 11.3 Å². The first-order valence-corrected chi connectivity index (χ1v) is 20.9. The lowest BCUT2D eigenvalue weighted by Gasteiger charge is -2.13. The van der Waals surface area contributed by atoms with Crippen molar-refractivity contribution in [1.29, 1.82) is 10.5 Å². The van der Waals surface area contributed by atoms with Crippen LogP contribution in [0.5, 0.6) is 0 Å². The Morgan fingerprint density at radius 2 is 1.04 bits per heavy atom. The first kappa shape index (κ1) is 41.1. The van der Waals surface area contributed by atoms with E-state index in [-0.39, 0.29) is 5.57 Å². The summed E-state index contributed by atoms with van der Waals surface area (Å²) in [5.41, 5.74) is 7.62. The van der Waals surface area contributed by atoms with Gasteiger partial charge < -0.3 is 4.90 Å². The topological polar surface area (TPSA) is 50.8 Å². The van der Waals surface area contributed by atoms with E-state index in [0.717, 1.165) is 12.8 Å². The molecule has 1 aromatic heterocycles. The molecule has 0 bridgehead atoms. The largest absolute Gasteiger partial charge is 0.378 e. The van der Waals surface area contributed by atoms with E-state index >= 15 is 0 Å². The summed E-state index contributed by atoms with van der Waals surface area (Å²) in [4.78, 5) is 4.93. The summed E-state index contributed by atoms with van der Waals surface area (Å²) in [5.74, 6) is 0. The fourth-order valence-corrected chi connectivity index (χ4v) is 8.41. The molecule has 0 aliphatic heterocycles. The van der Waals surface area contributed by atoms with Crippen molar-refractivity contribution < 1.29 is 0 Å². The number of anilines is 1. The van der Waals surface area contributed by atoms with Gasteiger partial charge in [-0.3, -0.25) is 0 Å². The lowest BCUT2D eigenvalue weighted by Crippen LogP contribution is -2.07. The van der Waals surface area contributed by atoms with E-state index in [1.165, 1.54) is 161 Å². The summed E-state index contributed by atoms with van der Waals surface area (Å²) in [6.07, 6.45) is 39.3. The molecule has 0 unspecified atom stereocenters. The van der Waals surface area contributed by atoms with Crippen molar-refractivity contribution in [3.05, 3.63) is 81.8 Å². The van der Waals surface area contributed by atoms with Crippen LogP contribution in [0.4, 0.5) is 5.69 Å². The predicted octanol–water partition coefficient (Wildman–Crippen LogP) is 14.3. The second-order valence-electron chi connectivity index (χ2n) is 14.4. The molecule has 2 aromatic rings. The van der Waals surface area contributed by atoms with Gasteiger partial charge in [0.05, 0.1) is 0 Å². The minimum absolute atomic E-state index is 0.159. The van der Waals surface area contributed by atoms with Gasteiger partial charge in [-0.05, 0) is 60.1 Å². The Morgan fingerprint density at radius 1 is 0.580 bits per heavy atom. The molecule has 0 saturated heterocycles. The van der Waals surface area contributed by atoms with Crippen LogP contribution in [0.15, 0.2) is 65.8 Å². The molecule has 3 rings (SSSR count). The van der Waals surface area contributed by atoms with Crippen LogP contribution in [0.3, 0.4) is 0 Å². The number of hydrogen-bond donors (Lipinski definition) is 0. The minimum Gasteiger partial charge on any atom is -0.378 e. The van der Waals surface area contributed by atoms with Crippen LogP contribution in [0.1, 0.15) is 158 Å². The Labute approximate surface area is 310 Å². The van der Waals surface area contributed by atoms with Gasteiger partial charge >= 0.3 is 0 Å². The van der Waals surface area contributed by atoms with Crippen molar-refractivity contribution in [2.45, 2.75) is 155 Å². The molecule has 0 atom stereocenters. The van der Waals surface area contributed by atoms with Crippen molar-refractivity contribution in [3.63, 3.8) is 0 Å². The fraction of sp³-hybridized carbons (Fsp3) is 0.565. The molecule has 1 aliphatic carbocycles. The van der Waals surface area contributed by atoms with E-state index in [2.05, 4.69) is 81.4 Å². The molecule has 0 radical (unpaired) electrons. The predicted molar refractivity (Wildman–Crippen MR) is 220 cm³/mol. The average Bonchev–Trinajstić information content (AvgIpc) is 3.30. The van der Waals surface area contributed by atoms with Crippen LogP contribution >= 0.6 is 11.3 Å². The zero-order valence-electron chi connectivity index (χ0n) is 32.0. The van der Waals surface area contributed by atoms with E-state index in [1.807, 2.05) is 29.6 Å². The highest BCUT2D eigenvalue weighted by molar-refractivity contribution is 7.17. The Hall–Kier alpha value is -3.34. The number of rotatable bonds is 25. The van der Waals surface area contributed by atoms with Crippen LogP contribution in [-0.2, 0) is 12.8 Å². The Kier molecular flexibility index (Phi) is 20.3. The second kappa shape index (κ2) is 24.7. The molecule has 0 fully saturated rings. The SMILES string of the molecule is CCCCCCCCCCCCc1c(C2=CC=CC(=C(C#N)C#N)C=C2)sc(-c2ccc(N(C)C)cc2)c1CCCCCCCCCCCC. The van der Waals surface area contributed by atoms with Gasteiger partial charge in [-0.2, -0.15) is 10.5 Å². The highest BCUT2D eigenvalue weighted by Gasteiger charge is 2.21. The maximum absolute atomic E-state index is 9.52. The van der Waals surface area contributed by atoms with E-state index < -0.39 is 0 Å². The first-order valence-electron chi connectivity index (χ1n) is 20.1. The summed E-state index contributed by atoms with van der Waals surface area (Å²) in [5, 5.41) is 19.0. The highest BCUT2D eigenvalue weighted by atomic mass is 32.1. The number of unbranched alkanes of at least 4 members (excludes halogenated alkanes) is 18. The van der Waals surface area contributed by atoms with Crippen LogP contribution in [0.25, 0.3) is 16.0 Å². The molecular formula is C46H65N3S. The van der Waals surface area contributed by atoms with Crippen molar-refractivity contribution >= 4 is 22.6 Å². The Balaban J connectivity index is 1.84. The van der Waals surface area contributed by atoms with Crippen molar-refractivity contribution in [3.8, 4) is 22.6 Å². The quantitative estimate of drug-likeness (QED) is 0.0769. The number of nitriles is 2. The summed E-state index contributed by atoms with van der Waals surface area (Å²) >= 11 is 1.94. The highest BCUT2D eigenvalue weighted by Crippen LogP contribution is 2.43. The van der Waals surface area contributed by atoms with Gasteiger partial charge in [-0.25, -0.2) is 0 Å². The first-order chi connectivity index (χ1) is 24.5. The maximum atomic E-state index is 9.52. The standard InChI is InChI=1S/C46H65N3S/c1-5-7-9-11-13-15-17-19-21-23-28-43-44(29-24-22-20-18-16-14-12-10-8-6-2)46(40-32-34-42(35-33-40)49(3)4)50-45(43)39-27-25-26-38(30-31-39)41(36-47)37-48/h25-27,30-35H,5-24,28-29H2,1-4H3. The smallest absolute Gasteiger partial charge is 0.136 e. The van der Waals surface area contributed by atoms with Gasteiger partial charge in [0.2, 0.25) is 0 Å². The molecule has 0 saturated carbocycles. The third kappa shape index (κ3) is 14.1. The fourth-order valence-electron chi connectivity index (χ4n) is 7.00. The zero-order chi connectivity index (χ0) is 35.8. The molecule has 0 N–H and O–H groups in total. The van der Waals surface area contributed by atoms with Crippen LogP contribution < -0.4 is 4.90 Å². The molecule has 1 aromatic carbocycles. The monoisotopic (exact) mass is 691 g/mol. The normalized spacial score (nSPS) is 12.4. The number of benzene rings is 1. The summed E-state index contributed by atoms with van der Waals surface area (Å²) in [7, 11) is 4.20. The Bertz CT molecular complexity index is 1450. The second-order valence-corrected chi connectivity index (χ2v) is 15.4. The number of nitrogens with zero attached hydrogens (tertiary/aromatic N) is 3. The molecule has 50 heavy (non-hydrogen) atoms. The third-order valence-electron chi connectivity index (χ3n) is 10.1. The molecule has 0 spiro atoms. The maximum Gasteiger partial charge on any atom is 0.136 e. The van der Waals surface area contributed by atoms with Crippen LogP contribution in [0, 0.1) is 22.7 Å². The van der Waals surface area contributed by atoms with Gasteiger partial charge in [0.15, 0.2) is 0 Å². The van der Waals surface area contributed by atoms with E-state index in [4.69, 9.17) is 0 Å². The molecule has 270 valence electrons. The average molecular weight is 692 g/mol. The van der Waals surface area contributed by atoms with E-state index in [0.29, 0.717) is 5.57 Å². The molecular weight excluding hydrogens is 627 g/mol. The number of allylic oxidation sites excluding steroid dienone is 8. The summed E-state index contributed by atoms with van der Waals surface area (Å²) in [6, 6.07) is 13.2. The van der Waals surface area contributed by atoms with Gasteiger partial charge in [0.1, 0.15) is 17.7 Å². The minimum atomic E-state index is 0.159. The molecule has 4 heteroatoms. The number of thiophene rings is 1. The molecule has 3 nitrogen and oxygen atoms in total. The van der Waals surface area contributed by atoms with E-state index in [9.17, 15) is 10.5 Å². The summed E-state index contributed by atoms with van der Waals surface area (Å²) < 4.78 is 0. The lowest BCUT2D eigenvalue weighted by molar-refractivity contribution is 0.553. The zero-order valence-corrected chi connectivity index (χ0v) is 32.8. The molecule has 1 aliphatic rings. The van der Waals surface area contributed by atoms with Gasteiger partial charge in [0.25, 0.3) is 0 Å². The van der Waals surface area contributed by atoms with Crippen molar-refractivity contribution in [2.75, 3.05) is 19.0 Å². The van der Waals surface area contributed by atoms with Crippen LogP contribution in [0.2, 0.25) is 0 Å². The van der Waals surface area contributed by atoms with Gasteiger partial charge in [-0.1, -0.05) is 172 Å².